The van der Waals surface area contributed by atoms with Crippen molar-refractivity contribution >= 4 is 40.7 Å². The molecule has 28 heavy (non-hydrogen) atoms. The highest BCUT2D eigenvalue weighted by Crippen LogP contribution is 2.27. The zero-order valence-electron chi connectivity index (χ0n) is 15.8. The quantitative estimate of drug-likeness (QED) is 0.508. The topological polar surface area (TPSA) is 67.4 Å². The third-order valence-corrected chi connectivity index (χ3v) is 4.45. The van der Waals surface area contributed by atoms with E-state index in [0.29, 0.717) is 46.6 Å². The Balaban J connectivity index is 1.76. The second kappa shape index (κ2) is 11.6. The minimum Gasteiger partial charge on any atom is -0.492 e. The number of carbonyl (C=O) groups is 2. The van der Waals surface area contributed by atoms with Gasteiger partial charge in [0, 0.05) is 29.2 Å². The number of anilines is 1. The van der Waals surface area contributed by atoms with Gasteiger partial charge in [-0.1, -0.05) is 42.6 Å². The minimum absolute atomic E-state index is 0.141. The van der Waals surface area contributed by atoms with Crippen LogP contribution in [0.2, 0.25) is 10.0 Å². The van der Waals surface area contributed by atoms with E-state index in [2.05, 4.69) is 17.6 Å². The Bertz CT molecular complexity index is 812. The molecule has 2 rings (SSSR count). The monoisotopic (exact) mass is 422 g/mol. The number of halogens is 2. The van der Waals surface area contributed by atoms with Crippen LogP contribution in [0, 0.1) is 0 Å². The molecule has 0 aliphatic rings. The van der Waals surface area contributed by atoms with E-state index in [4.69, 9.17) is 27.9 Å². The number of carbonyl (C=O) groups excluding carboxylic acids is 2. The highest BCUT2D eigenvalue weighted by molar-refractivity contribution is 6.35. The van der Waals surface area contributed by atoms with Crippen molar-refractivity contribution in [3.05, 3.63) is 58.1 Å². The third kappa shape index (κ3) is 7.41. The fraction of sp³-hybridized carbons (Fsp3) is 0.333. The minimum atomic E-state index is -0.144. The first-order valence-corrected chi connectivity index (χ1v) is 10.0. The van der Waals surface area contributed by atoms with Crippen molar-refractivity contribution in [2.75, 3.05) is 18.5 Å². The number of nitrogens with one attached hydrogen (secondary N) is 2. The summed E-state index contributed by atoms with van der Waals surface area (Å²) in [5.41, 5.74) is 1.12. The molecule has 0 aliphatic heterocycles. The van der Waals surface area contributed by atoms with Gasteiger partial charge in [0.2, 0.25) is 5.91 Å². The average molecular weight is 423 g/mol. The maximum absolute atomic E-state index is 12.1. The summed E-state index contributed by atoms with van der Waals surface area (Å²) < 4.78 is 5.57. The summed E-state index contributed by atoms with van der Waals surface area (Å²) in [6, 6.07) is 11.9. The summed E-state index contributed by atoms with van der Waals surface area (Å²) in [4.78, 5) is 24.2. The molecule has 2 aromatic rings. The summed E-state index contributed by atoms with van der Waals surface area (Å²) in [5.74, 6) is 0.250. The van der Waals surface area contributed by atoms with Gasteiger partial charge in [-0.05, 0) is 49.2 Å². The maximum Gasteiger partial charge on any atom is 0.251 e. The molecule has 0 saturated carbocycles. The molecule has 0 fully saturated rings. The van der Waals surface area contributed by atoms with Crippen LogP contribution in [0.4, 0.5) is 5.69 Å². The van der Waals surface area contributed by atoms with Gasteiger partial charge in [-0.25, -0.2) is 0 Å². The number of ether oxygens (including phenoxy) is 1. The Kier molecular flexibility index (Phi) is 9.11. The van der Waals surface area contributed by atoms with Crippen molar-refractivity contribution in [1.82, 2.24) is 5.32 Å². The number of hydrogen-bond acceptors (Lipinski definition) is 3. The number of unbranched alkanes of at least 4 members (excludes halogenated alkanes) is 1. The molecule has 0 radical (unpaired) electrons. The van der Waals surface area contributed by atoms with Gasteiger partial charge in [0.05, 0.1) is 11.6 Å². The van der Waals surface area contributed by atoms with Gasteiger partial charge >= 0.3 is 0 Å². The van der Waals surface area contributed by atoms with Crippen LogP contribution in [-0.2, 0) is 4.79 Å². The Morgan fingerprint density at radius 2 is 1.89 bits per heavy atom. The molecule has 7 heteroatoms. The van der Waals surface area contributed by atoms with Crippen molar-refractivity contribution in [3.63, 3.8) is 0 Å². The summed E-state index contributed by atoms with van der Waals surface area (Å²) in [5, 5.41) is 6.64. The Morgan fingerprint density at radius 3 is 2.64 bits per heavy atom. The lowest BCUT2D eigenvalue weighted by Gasteiger charge is -2.09. The van der Waals surface area contributed by atoms with E-state index in [1.807, 2.05) is 0 Å². The molecular formula is C21H24Cl2N2O3. The predicted octanol–water partition coefficient (Wildman–Crippen LogP) is 5.32. The highest BCUT2D eigenvalue weighted by Gasteiger charge is 2.08. The molecule has 0 heterocycles. The molecule has 0 aromatic heterocycles. The second-order valence-corrected chi connectivity index (χ2v) is 7.11. The van der Waals surface area contributed by atoms with Crippen LogP contribution in [0.25, 0.3) is 0 Å². The van der Waals surface area contributed by atoms with Crippen LogP contribution in [0.1, 0.15) is 43.0 Å². The standard InChI is InChI=1S/C21H24Cl2N2O3/c1-2-3-11-24-21(27)15-6-4-7-17(13-15)25-20(26)8-5-12-28-19-10-9-16(22)14-18(19)23/h4,6-7,9-10,13-14H,2-3,5,8,11-12H2,1H3,(H,24,27)(H,25,26). The van der Waals surface area contributed by atoms with Crippen LogP contribution in [0.3, 0.4) is 0 Å². The molecule has 0 unspecified atom stereocenters. The molecular weight excluding hydrogens is 399 g/mol. The third-order valence-electron chi connectivity index (χ3n) is 3.92. The number of rotatable bonds is 10. The Morgan fingerprint density at radius 1 is 1.07 bits per heavy atom. The number of amides is 2. The average Bonchev–Trinajstić information content (AvgIpc) is 2.67. The van der Waals surface area contributed by atoms with Gasteiger partial charge in [-0.15, -0.1) is 0 Å². The summed E-state index contributed by atoms with van der Waals surface area (Å²) in [7, 11) is 0. The van der Waals surface area contributed by atoms with E-state index >= 15 is 0 Å². The van der Waals surface area contributed by atoms with Crippen LogP contribution in [0.5, 0.6) is 5.75 Å². The molecule has 2 amide bonds. The van der Waals surface area contributed by atoms with E-state index in [-0.39, 0.29) is 18.2 Å². The van der Waals surface area contributed by atoms with E-state index in [0.717, 1.165) is 12.8 Å². The van der Waals surface area contributed by atoms with Crippen LogP contribution in [0.15, 0.2) is 42.5 Å². The van der Waals surface area contributed by atoms with E-state index in [1.54, 1.807) is 42.5 Å². The number of benzene rings is 2. The summed E-state index contributed by atoms with van der Waals surface area (Å²) in [6.45, 7) is 3.07. The lowest BCUT2D eigenvalue weighted by Crippen LogP contribution is -2.24. The molecule has 0 saturated heterocycles. The zero-order chi connectivity index (χ0) is 20.4. The van der Waals surface area contributed by atoms with Crippen LogP contribution < -0.4 is 15.4 Å². The second-order valence-electron chi connectivity index (χ2n) is 6.27. The molecule has 0 spiro atoms. The molecule has 2 aromatic carbocycles. The van der Waals surface area contributed by atoms with Crippen molar-refractivity contribution in [1.29, 1.82) is 0 Å². The Hall–Kier alpha value is -2.24. The van der Waals surface area contributed by atoms with Crippen molar-refractivity contribution in [3.8, 4) is 5.75 Å². The first-order chi connectivity index (χ1) is 13.5. The normalized spacial score (nSPS) is 10.4. The van der Waals surface area contributed by atoms with Crippen molar-refractivity contribution in [2.24, 2.45) is 0 Å². The first-order valence-electron chi connectivity index (χ1n) is 9.25. The highest BCUT2D eigenvalue weighted by atomic mass is 35.5. The number of hydrogen-bond donors (Lipinski definition) is 2. The van der Waals surface area contributed by atoms with Crippen LogP contribution in [-0.4, -0.2) is 25.0 Å². The predicted molar refractivity (Wildman–Crippen MR) is 114 cm³/mol. The molecule has 0 bridgehead atoms. The molecule has 2 N–H and O–H groups in total. The Labute approximate surface area is 175 Å². The fourth-order valence-electron chi connectivity index (χ4n) is 2.45. The van der Waals surface area contributed by atoms with Gasteiger partial charge in [-0.3, -0.25) is 9.59 Å². The van der Waals surface area contributed by atoms with Crippen molar-refractivity contribution < 1.29 is 14.3 Å². The first kappa shape index (κ1) is 22.1. The van der Waals surface area contributed by atoms with E-state index in [1.165, 1.54) is 0 Å². The SMILES string of the molecule is CCCCNC(=O)c1cccc(NC(=O)CCCOc2ccc(Cl)cc2Cl)c1. The van der Waals surface area contributed by atoms with E-state index < -0.39 is 0 Å². The molecule has 5 nitrogen and oxygen atoms in total. The van der Waals surface area contributed by atoms with Gasteiger partial charge in [0.15, 0.2) is 0 Å². The summed E-state index contributed by atoms with van der Waals surface area (Å²) >= 11 is 11.9. The molecule has 0 atom stereocenters. The van der Waals surface area contributed by atoms with Gasteiger partial charge in [0.1, 0.15) is 5.75 Å². The van der Waals surface area contributed by atoms with Gasteiger partial charge < -0.3 is 15.4 Å². The van der Waals surface area contributed by atoms with E-state index in [9.17, 15) is 9.59 Å². The van der Waals surface area contributed by atoms with Crippen LogP contribution >= 0.6 is 23.2 Å². The largest absolute Gasteiger partial charge is 0.492 e. The van der Waals surface area contributed by atoms with Crippen molar-refractivity contribution in [2.45, 2.75) is 32.6 Å². The molecule has 150 valence electrons. The zero-order valence-corrected chi connectivity index (χ0v) is 17.3. The summed E-state index contributed by atoms with van der Waals surface area (Å²) in [6.07, 6.45) is 2.77. The lowest BCUT2D eigenvalue weighted by molar-refractivity contribution is -0.116. The molecule has 0 aliphatic carbocycles. The lowest BCUT2D eigenvalue weighted by atomic mass is 10.1. The fourth-order valence-corrected chi connectivity index (χ4v) is 2.91. The maximum atomic E-state index is 12.1. The van der Waals surface area contributed by atoms with Gasteiger partial charge in [-0.2, -0.15) is 0 Å². The smallest absolute Gasteiger partial charge is 0.251 e. The van der Waals surface area contributed by atoms with Gasteiger partial charge in [0.25, 0.3) is 5.91 Å².